The number of rotatable bonds is 6. The zero-order valence-corrected chi connectivity index (χ0v) is 15.9. The zero-order valence-electron chi connectivity index (χ0n) is 15.9. The Hall–Kier alpha value is -3.65. The van der Waals surface area contributed by atoms with Crippen molar-refractivity contribution in [3.8, 4) is 28.6 Å². The van der Waals surface area contributed by atoms with Crippen LogP contribution >= 0.6 is 0 Å². The van der Waals surface area contributed by atoms with Crippen LogP contribution in [0.25, 0.3) is 17.1 Å². The van der Waals surface area contributed by atoms with Gasteiger partial charge in [0.25, 0.3) is 0 Å². The van der Waals surface area contributed by atoms with E-state index < -0.39 is 0 Å². The fourth-order valence-electron chi connectivity index (χ4n) is 3.25. The molecule has 0 fully saturated rings. The van der Waals surface area contributed by atoms with Gasteiger partial charge >= 0.3 is 0 Å². The van der Waals surface area contributed by atoms with Crippen LogP contribution < -0.4 is 9.47 Å². The van der Waals surface area contributed by atoms with Gasteiger partial charge in [-0.2, -0.15) is 10.1 Å². The summed E-state index contributed by atoms with van der Waals surface area (Å²) in [5.41, 5.74) is 3.06. The van der Waals surface area contributed by atoms with Crippen molar-refractivity contribution in [2.45, 2.75) is 13.1 Å². The summed E-state index contributed by atoms with van der Waals surface area (Å²) in [5, 5.41) is 8.34. The lowest BCUT2D eigenvalue weighted by Gasteiger charge is -2.14. The average molecular weight is 389 g/mol. The van der Waals surface area contributed by atoms with Gasteiger partial charge in [-0.25, -0.2) is 4.68 Å². The maximum Gasteiger partial charge on any atom is 0.241 e. The van der Waals surface area contributed by atoms with Crippen LogP contribution in [0.4, 0.5) is 0 Å². The van der Waals surface area contributed by atoms with Crippen LogP contribution in [0, 0.1) is 0 Å². The Labute approximate surface area is 167 Å². The third-order valence-corrected chi connectivity index (χ3v) is 4.66. The second-order valence-electron chi connectivity index (χ2n) is 6.87. The lowest BCUT2D eigenvalue weighted by molar-refractivity contribution is 0.174. The third kappa shape index (κ3) is 3.70. The van der Waals surface area contributed by atoms with Crippen LogP contribution in [0.5, 0.6) is 11.5 Å². The second-order valence-corrected chi connectivity index (χ2v) is 6.87. The van der Waals surface area contributed by atoms with Gasteiger partial charge in [-0.15, -0.1) is 0 Å². The Morgan fingerprint density at radius 2 is 1.90 bits per heavy atom. The van der Waals surface area contributed by atoms with Crippen molar-refractivity contribution >= 4 is 0 Å². The van der Waals surface area contributed by atoms with E-state index >= 15 is 0 Å². The van der Waals surface area contributed by atoms with E-state index in [2.05, 4.69) is 44.4 Å². The second kappa shape index (κ2) is 7.40. The van der Waals surface area contributed by atoms with Crippen molar-refractivity contribution in [2.75, 3.05) is 13.8 Å². The molecule has 0 radical (unpaired) electrons. The zero-order chi connectivity index (χ0) is 19.6. The molecule has 0 saturated heterocycles. The molecule has 0 N–H and O–H groups in total. The van der Waals surface area contributed by atoms with Gasteiger partial charge < -0.3 is 14.0 Å². The highest BCUT2D eigenvalue weighted by Gasteiger charge is 2.17. The van der Waals surface area contributed by atoms with Gasteiger partial charge in [-0.3, -0.25) is 4.90 Å². The number of ether oxygens (including phenoxy) is 2. The van der Waals surface area contributed by atoms with E-state index in [4.69, 9.17) is 14.0 Å². The minimum absolute atomic E-state index is 0.240. The number of aromatic nitrogens is 4. The highest BCUT2D eigenvalue weighted by atomic mass is 16.7. The maximum atomic E-state index is 5.43. The van der Waals surface area contributed by atoms with Crippen LogP contribution in [0.1, 0.15) is 11.5 Å². The van der Waals surface area contributed by atoms with Crippen molar-refractivity contribution in [2.24, 2.45) is 0 Å². The Kier molecular flexibility index (Phi) is 4.45. The van der Waals surface area contributed by atoms with Crippen molar-refractivity contribution in [1.82, 2.24) is 24.8 Å². The molecule has 2 aromatic heterocycles. The molecule has 2 aromatic carbocycles. The molecule has 1 aliphatic heterocycles. The molecule has 0 atom stereocenters. The first kappa shape index (κ1) is 17.4. The summed E-state index contributed by atoms with van der Waals surface area (Å²) in [6, 6.07) is 15.8. The summed E-state index contributed by atoms with van der Waals surface area (Å²) in [5.74, 6) is 2.53. The first-order valence-electron chi connectivity index (χ1n) is 9.25. The molecule has 3 heterocycles. The topological polar surface area (TPSA) is 78.4 Å². The van der Waals surface area contributed by atoms with Crippen LogP contribution in [-0.2, 0) is 13.1 Å². The minimum atomic E-state index is 0.240. The molecular formula is C21H19N5O3. The van der Waals surface area contributed by atoms with Gasteiger partial charge in [0.05, 0.1) is 12.2 Å². The predicted molar refractivity (Wildman–Crippen MR) is 105 cm³/mol. The van der Waals surface area contributed by atoms with E-state index in [1.807, 2.05) is 42.2 Å². The number of fused-ring (bicyclic) bond motifs is 1. The summed E-state index contributed by atoms with van der Waals surface area (Å²) in [7, 11) is 2.02. The first-order valence-corrected chi connectivity index (χ1v) is 9.25. The van der Waals surface area contributed by atoms with Gasteiger partial charge in [0.15, 0.2) is 11.5 Å². The third-order valence-electron chi connectivity index (χ3n) is 4.66. The van der Waals surface area contributed by atoms with Crippen molar-refractivity contribution in [1.29, 1.82) is 0 Å². The van der Waals surface area contributed by atoms with E-state index in [9.17, 15) is 0 Å². The molecular weight excluding hydrogens is 370 g/mol. The van der Waals surface area contributed by atoms with Gasteiger partial charge in [-0.1, -0.05) is 17.3 Å². The molecule has 8 heteroatoms. The summed E-state index contributed by atoms with van der Waals surface area (Å²) in [6.45, 7) is 1.56. The normalized spacial score (nSPS) is 12.6. The van der Waals surface area contributed by atoms with E-state index in [-0.39, 0.29) is 6.79 Å². The summed E-state index contributed by atoms with van der Waals surface area (Å²) >= 11 is 0. The first-order chi connectivity index (χ1) is 14.2. The molecule has 0 bridgehead atoms. The van der Waals surface area contributed by atoms with E-state index in [1.165, 1.54) is 5.56 Å². The van der Waals surface area contributed by atoms with Crippen LogP contribution in [0.15, 0.2) is 65.4 Å². The van der Waals surface area contributed by atoms with Crippen LogP contribution in [0.3, 0.4) is 0 Å². The van der Waals surface area contributed by atoms with E-state index in [0.29, 0.717) is 24.0 Å². The Morgan fingerprint density at radius 1 is 1.03 bits per heavy atom. The minimum Gasteiger partial charge on any atom is -0.454 e. The summed E-state index contributed by atoms with van der Waals surface area (Å²) in [6.07, 6.45) is 3.69. The maximum absolute atomic E-state index is 5.43. The predicted octanol–water partition coefficient (Wildman–Crippen LogP) is 3.28. The van der Waals surface area contributed by atoms with Gasteiger partial charge in [0, 0.05) is 24.5 Å². The smallest absolute Gasteiger partial charge is 0.241 e. The lowest BCUT2D eigenvalue weighted by Crippen LogP contribution is -2.17. The van der Waals surface area contributed by atoms with E-state index in [1.54, 1.807) is 6.20 Å². The highest BCUT2D eigenvalue weighted by Crippen LogP contribution is 2.35. The molecule has 0 saturated carbocycles. The van der Waals surface area contributed by atoms with Gasteiger partial charge in [0.2, 0.25) is 18.5 Å². The molecule has 5 rings (SSSR count). The quantitative estimate of drug-likeness (QED) is 0.501. The molecule has 146 valence electrons. The van der Waals surface area contributed by atoms with Crippen molar-refractivity contribution < 1.29 is 14.0 Å². The van der Waals surface area contributed by atoms with Gasteiger partial charge in [0.1, 0.15) is 0 Å². The van der Waals surface area contributed by atoms with Gasteiger partial charge in [-0.05, 0) is 49.0 Å². The number of hydrogen-bond acceptors (Lipinski definition) is 7. The molecule has 0 amide bonds. The fraction of sp³-hybridized carbons (Fsp3) is 0.190. The highest BCUT2D eigenvalue weighted by molar-refractivity contribution is 5.61. The molecule has 29 heavy (non-hydrogen) atoms. The van der Waals surface area contributed by atoms with Crippen molar-refractivity contribution in [3.63, 3.8) is 0 Å². The Morgan fingerprint density at radius 3 is 2.72 bits per heavy atom. The van der Waals surface area contributed by atoms with E-state index in [0.717, 1.165) is 23.5 Å². The largest absolute Gasteiger partial charge is 0.454 e. The monoisotopic (exact) mass is 389 g/mol. The Balaban J connectivity index is 1.23. The van der Waals surface area contributed by atoms with Crippen LogP contribution in [0.2, 0.25) is 0 Å². The number of benzene rings is 2. The van der Waals surface area contributed by atoms with Crippen molar-refractivity contribution in [3.05, 3.63) is 72.4 Å². The van der Waals surface area contributed by atoms with Crippen LogP contribution in [-0.4, -0.2) is 38.7 Å². The Bertz CT molecular complexity index is 1110. The molecule has 0 unspecified atom stereocenters. The summed E-state index contributed by atoms with van der Waals surface area (Å²) in [4.78, 5) is 6.63. The summed E-state index contributed by atoms with van der Waals surface area (Å²) < 4.78 is 18.0. The standard InChI is InChI=1S/C21H19N5O3/c1-25(12-15-3-6-17(7-4-15)26-10-2-9-22-26)13-20-23-21(24-29-20)16-5-8-18-19(11-16)28-14-27-18/h2-11H,12-14H2,1H3. The lowest BCUT2D eigenvalue weighted by atomic mass is 10.2. The molecule has 0 spiro atoms. The number of nitrogens with zero attached hydrogens (tertiary/aromatic N) is 5. The average Bonchev–Trinajstić information content (AvgIpc) is 3.49. The molecule has 1 aliphatic rings. The number of hydrogen-bond donors (Lipinski definition) is 0. The SMILES string of the molecule is CN(Cc1ccc(-n2cccn2)cc1)Cc1nc(-c2ccc3c(c2)OCO3)no1. The fourth-order valence-corrected chi connectivity index (χ4v) is 3.25. The molecule has 4 aromatic rings. The molecule has 8 nitrogen and oxygen atoms in total. The molecule has 0 aliphatic carbocycles.